The van der Waals surface area contributed by atoms with Crippen molar-refractivity contribution in [2.75, 3.05) is 22.9 Å². The predicted octanol–water partition coefficient (Wildman–Crippen LogP) is 3.73. The fourth-order valence-electron chi connectivity index (χ4n) is 4.15. The van der Waals surface area contributed by atoms with Crippen LogP contribution < -0.4 is 9.80 Å². The van der Waals surface area contributed by atoms with Gasteiger partial charge in [-0.3, -0.25) is 9.80 Å². The molecule has 0 N–H and O–H groups in total. The van der Waals surface area contributed by atoms with Crippen molar-refractivity contribution in [3.8, 4) is 0 Å². The standard InChI is InChI=1S/C20H22N4O2S/c1-14-2-3-15-13-26-20(25)24(17(15)12-14)16-4-8-22(9-5-16)18-6-10-23(18)19-21-7-11-27-19/h2-3,6-7,10-12,16,18H,4-5,8-9,13H2,1H3. The number of fused-ring (bicyclic) bond motifs is 1. The topological polar surface area (TPSA) is 48.9 Å². The molecule has 6 nitrogen and oxygen atoms in total. The van der Waals surface area contributed by atoms with Crippen LogP contribution in [0.2, 0.25) is 0 Å². The maximum Gasteiger partial charge on any atom is 0.414 e. The van der Waals surface area contributed by atoms with Crippen LogP contribution in [-0.4, -0.2) is 41.3 Å². The number of piperidine rings is 1. The second-order valence-corrected chi connectivity index (χ2v) is 8.17. The summed E-state index contributed by atoms with van der Waals surface area (Å²) in [4.78, 5) is 23.5. The number of amides is 1. The van der Waals surface area contributed by atoms with E-state index in [1.54, 1.807) is 11.3 Å². The first-order valence-corrected chi connectivity index (χ1v) is 10.2. The van der Waals surface area contributed by atoms with Crippen molar-refractivity contribution >= 4 is 28.2 Å². The van der Waals surface area contributed by atoms with Crippen LogP contribution in [0, 0.1) is 6.92 Å². The lowest BCUT2D eigenvalue weighted by atomic mass is 9.99. The van der Waals surface area contributed by atoms with E-state index in [9.17, 15) is 4.79 Å². The quantitative estimate of drug-likeness (QED) is 0.810. The van der Waals surface area contributed by atoms with Gasteiger partial charge < -0.3 is 9.64 Å². The monoisotopic (exact) mass is 382 g/mol. The Balaban J connectivity index is 1.29. The number of carbonyl (C=O) groups excluding carboxylic acids is 1. The fourth-order valence-corrected chi connectivity index (χ4v) is 4.80. The molecule has 1 aromatic carbocycles. The Morgan fingerprint density at radius 3 is 2.81 bits per heavy atom. The highest BCUT2D eigenvalue weighted by Crippen LogP contribution is 2.34. The van der Waals surface area contributed by atoms with Gasteiger partial charge in [-0.15, -0.1) is 11.3 Å². The van der Waals surface area contributed by atoms with Crippen LogP contribution in [0.25, 0.3) is 0 Å². The second-order valence-electron chi connectivity index (χ2n) is 7.30. The highest BCUT2D eigenvalue weighted by atomic mass is 32.1. The molecule has 1 aromatic heterocycles. The molecule has 4 heterocycles. The number of aromatic nitrogens is 1. The highest BCUT2D eigenvalue weighted by Gasteiger charge is 2.37. The Morgan fingerprint density at radius 1 is 1.26 bits per heavy atom. The smallest absolute Gasteiger partial charge is 0.414 e. The highest BCUT2D eigenvalue weighted by molar-refractivity contribution is 7.13. The summed E-state index contributed by atoms with van der Waals surface area (Å²) in [6.45, 7) is 4.34. The van der Waals surface area contributed by atoms with Crippen molar-refractivity contribution in [2.24, 2.45) is 0 Å². The lowest BCUT2D eigenvalue weighted by molar-refractivity contribution is 0.127. The largest absolute Gasteiger partial charge is 0.444 e. The van der Waals surface area contributed by atoms with Crippen molar-refractivity contribution in [1.29, 1.82) is 0 Å². The zero-order valence-corrected chi connectivity index (χ0v) is 16.1. The maximum absolute atomic E-state index is 12.5. The van der Waals surface area contributed by atoms with Crippen molar-refractivity contribution in [1.82, 2.24) is 9.88 Å². The van der Waals surface area contributed by atoms with Crippen molar-refractivity contribution < 1.29 is 9.53 Å². The summed E-state index contributed by atoms with van der Waals surface area (Å²) in [6, 6.07) is 6.45. The van der Waals surface area contributed by atoms with Crippen LogP contribution >= 0.6 is 11.3 Å². The molecule has 2 aromatic rings. The summed E-state index contributed by atoms with van der Waals surface area (Å²) >= 11 is 1.66. The molecule has 0 spiro atoms. The van der Waals surface area contributed by atoms with Crippen LogP contribution in [0.1, 0.15) is 24.0 Å². The molecule has 7 heteroatoms. The minimum absolute atomic E-state index is 0.187. The van der Waals surface area contributed by atoms with Crippen LogP contribution in [-0.2, 0) is 11.3 Å². The number of benzene rings is 1. The fraction of sp³-hybridized carbons (Fsp3) is 0.400. The van der Waals surface area contributed by atoms with Crippen molar-refractivity contribution in [3.05, 3.63) is 53.2 Å². The van der Waals surface area contributed by atoms with Gasteiger partial charge >= 0.3 is 6.09 Å². The number of likely N-dealkylation sites (tertiary alicyclic amines) is 1. The Bertz CT molecular complexity index is 874. The number of thiazole rings is 1. The van der Waals surface area contributed by atoms with Gasteiger partial charge in [-0.05, 0) is 37.5 Å². The normalized spacial score (nSPS) is 23.1. The van der Waals surface area contributed by atoms with Crippen LogP contribution in [0.15, 0.2) is 42.1 Å². The summed E-state index contributed by atoms with van der Waals surface area (Å²) in [5, 5.41) is 3.04. The molecular weight excluding hydrogens is 360 g/mol. The van der Waals surface area contributed by atoms with Gasteiger partial charge in [0.15, 0.2) is 5.13 Å². The van der Waals surface area contributed by atoms with Crippen LogP contribution in [0.3, 0.4) is 0 Å². The van der Waals surface area contributed by atoms with E-state index in [4.69, 9.17) is 4.74 Å². The van der Waals surface area contributed by atoms with E-state index in [2.05, 4.69) is 52.2 Å². The first kappa shape index (κ1) is 16.8. The lowest BCUT2D eigenvalue weighted by Crippen LogP contribution is -2.56. The molecular formula is C20H22N4O2S. The van der Waals surface area contributed by atoms with Gasteiger partial charge in [-0.25, -0.2) is 9.78 Å². The van der Waals surface area contributed by atoms with Gasteiger partial charge in [-0.1, -0.05) is 12.1 Å². The van der Waals surface area contributed by atoms with E-state index in [1.165, 1.54) is 5.56 Å². The van der Waals surface area contributed by atoms with Crippen LogP contribution in [0.5, 0.6) is 0 Å². The summed E-state index contributed by atoms with van der Waals surface area (Å²) in [7, 11) is 0. The molecule has 27 heavy (non-hydrogen) atoms. The summed E-state index contributed by atoms with van der Waals surface area (Å²) in [6.07, 6.45) is 8.11. The third-order valence-corrected chi connectivity index (χ3v) is 6.42. The minimum Gasteiger partial charge on any atom is -0.444 e. The molecule has 5 rings (SSSR count). The Hall–Kier alpha value is -2.38. The van der Waals surface area contributed by atoms with Gasteiger partial charge in [-0.2, -0.15) is 0 Å². The molecule has 0 saturated carbocycles. The number of hydrogen-bond donors (Lipinski definition) is 0. The summed E-state index contributed by atoms with van der Waals surface area (Å²) < 4.78 is 5.43. The number of ether oxygens (including phenoxy) is 1. The number of nitrogens with zero attached hydrogens (tertiary/aromatic N) is 4. The maximum atomic E-state index is 12.5. The summed E-state index contributed by atoms with van der Waals surface area (Å²) in [5.41, 5.74) is 3.29. The summed E-state index contributed by atoms with van der Waals surface area (Å²) in [5.74, 6) is 0. The molecule has 3 aliphatic heterocycles. The first-order valence-electron chi connectivity index (χ1n) is 9.36. The van der Waals surface area contributed by atoms with Crippen LogP contribution in [0.4, 0.5) is 15.6 Å². The molecule has 1 atom stereocenters. The third-order valence-electron chi connectivity index (χ3n) is 5.63. The Kier molecular flexibility index (Phi) is 4.13. The molecule has 1 saturated heterocycles. The molecule has 0 bridgehead atoms. The number of aryl methyl sites for hydroxylation is 1. The number of hydrogen-bond acceptors (Lipinski definition) is 6. The average molecular weight is 382 g/mol. The number of rotatable bonds is 3. The Morgan fingerprint density at radius 2 is 2.11 bits per heavy atom. The first-order chi connectivity index (χ1) is 13.2. The molecule has 1 amide bonds. The number of cyclic esters (lactones) is 1. The van der Waals surface area contributed by atoms with Gasteiger partial charge in [0.2, 0.25) is 0 Å². The van der Waals surface area contributed by atoms with E-state index in [1.807, 2.05) is 16.5 Å². The van der Waals surface area contributed by atoms with Gasteiger partial charge in [0.05, 0.1) is 5.69 Å². The number of carbonyl (C=O) groups is 1. The molecule has 0 aliphatic carbocycles. The molecule has 1 fully saturated rings. The zero-order valence-electron chi connectivity index (χ0n) is 15.2. The SMILES string of the molecule is Cc1ccc2c(c1)N(C1CCN(C3C=CN3c3nccs3)CC1)C(=O)OC2. The van der Waals surface area contributed by atoms with Gasteiger partial charge in [0.25, 0.3) is 0 Å². The molecule has 140 valence electrons. The molecule has 1 unspecified atom stereocenters. The van der Waals surface area contributed by atoms with Crippen molar-refractivity contribution in [3.63, 3.8) is 0 Å². The third kappa shape index (κ3) is 2.91. The van der Waals surface area contributed by atoms with E-state index in [-0.39, 0.29) is 18.3 Å². The van der Waals surface area contributed by atoms with E-state index in [0.29, 0.717) is 6.61 Å². The minimum atomic E-state index is -0.209. The lowest BCUT2D eigenvalue weighted by Gasteiger charge is -2.46. The van der Waals surface area contributed by atoms with Gasteiger partial charge in [0, 0.05) is 42.5 Å². The van der Waals surface area contributed by atoms with Crippen molar-refractivity contribution in [2.45, 2.75) is 38.6 Å². The Labute approximate surface area is 162 Å². The molecule has 0 radical (unpaired) electrons. The number of anilines is 2. The molecule has 3 aliphatic rings. The second kappa shape index (κ2) is 6.65. The zero-order chi connectivity index (χ0) is 18.4. The van der Waals surface area contributed by atoms with Gasteiger partial charge in [0.1, 0.15) is 12.8 Å². The van der Waals surface area contributed by atoms with E-state index < -0.39 is 0 Å². The average Bonchev–Trinajstić information content (AvgIpc) is 3.15. The van der Waals surface area contributed by atoms with E-state index >= 15 is 0 Å². The van der Waals surface area contributed by atoms with E-state index in [0.717, 1.165) is 42.3 Å². The predicted molar refractivity (Wildman–Crippen MR) is 106 cm³/mol.